The highest BCUT2D eigenvalue weighted by atomic mass is 35.5. The van der Waals surface area contributed by atoms with E-state index in [1.807, 2.05) is 0 Å². The number of rotatable bonds is 1. The third kappa shape index (κ3) is 2.13. The average molecular weight is 249 g/mol. The first-order valence-corrected chi connectivity index (χ1v) is 4.46. The zero-order valence-corrected chi connectivity index (χ0v) is 8.37. The molecule has 2 rings (SSSR count). The molecule has 8 heteroatoms. The fourth-order valence-corrected chi connectivity index (χ4v) is 1.23. The number of halogens is 4. The van der Waals surface area contributed by atoms with Crippen molar-refractivity contribution in [1.82, 2.24) is 19.7 Å². The smallest absolute Gasteiger partial charge is 0.223 e. The van der Waals surface area contributed by atoms with Crippen LogP contribution in [0.1, 0.15) is 5.82 Å². The second-order valence-electron chi connectivity index (χ2n) is 2.82. The van der Waals surface area contributed by atoms with Gasteiger partial charge in [-0.15, -0.1) is 0 Å². The van der Waals surface area contributed by atoms with Gasteiger partial charge in [0.1, 0.15) is 5.15 Å². The molecule has 84 valence electrons. The molecule has 0 aliphatic rings. The van der Waals surface area contributed by atoms with Crippen molar-refractivity contribution in [1.29, 1.82) is 0 Å². The van der Waals surface area contributed by atoms with Gasteiger partial charge in [-0.2, -0.15) is 18.3 Å². The maximum absolute atomic E-state index is 12.4. The van der Waals surface area contributed by atoms with Crippen molar-refractivity contribution in [2.45, 2.75) is 6.18 Å². The first kappa shape index (κ1) is 10.9. The molecule has 0 saturated heterocycles. The molecule has 4 nitrogen and oxygen atoms in total. The summed E-state index contributed by atoms with van der Waals surface area (Å²) in [5.74, 6) is -1.32. The van der Waals surface area contributed by atoms with Gasteiger partial charge in [-0.25, -0.2) is 14.6 Å². The SMILES string of the molecule is FC(F)(F)c1nc(Cl)cc(-n2cccn2)n1. The van der Waals surface area contributed by atoms with Gasteiger partial charge in [0.05, 0.1) is 0 Å². The highest BCUT2D eigenvalue weighted by Gasteiger charge is 2.35. The first-order chi connectivity index (χ1) is 7.47. The van der Waals surface area contributed by atoms with Crippen molar-refractivity contribution in [3.05, 3.63) is 35.5 Å². The van der Waals surface area contributed by atoms with Crippen LogP contribution in [0.15, 0.2) is 24.5 Å². The fraction of sp³-hybridized carbons (Fsp3) is 0.125. The van der Waals surface area contributed by atoms with Crippen LogP contribution < -0.4 is 0 Å². The molecule has 0 N–H and O–H groups in total. The topological polar surface area (TPSA) is 43.6 Å². The summed E-state index contributed by atoms with van der Waals surface area (Å²) >= 11 is 5.48. The lowest BCUT2D eigenvalue weighted by atomic mass is 10.5. The lowest BCUT2D eigenvalue weighted by molar-refractivity contribution is -0.145. The third-order valence-electron chi connectivity index (χ3n) is 1.67. The Balaban J connectivity index is 2.53. The van der Waals surface area contributed by atoms with Gasteiger partial charge in [0.15, 0.2) is 5.82 Å². The van der Waals surface area contributed by atoms with Gasteiger partial charge in [0.2, 0.25) is 5.82 Å². The molecule has 0 aliphatic heterocycles. The van der Waals surface area contributed by atoms with Gasteiger partial charge in [0.25, 0.3) is 0 Å². The third-order valence-corrected chi connectivity index (χ3v) is 1.87. The summed E-state index contributed by atoms with van der Waals surface area (Å²) in [5.41, 5.74) is 0. The van der Waals surface area contributed by atoms with E-state index in [-0.39, 0.29) is 11.0 Å². The summed E-state index contributed by atoms with van der Waals surface area (Å²) in [7, 11) is 0. The van der Waals surface area contributed by atoms with E-state index in [1.54, 1.807) is 6.07 Å². The van der Waals surface area contributed by atoms with Crippen molar-refractivity contribution in [2.75, 3.05) is 0 Å². The Kier molecular flexibility index (Phi) is 2.55. The summed E-state index contributed by atoms with van der Waals surface area (Å²) in [4.78, 5) is 6.43. The van der Waals surface area contributed by atoms with Crippen LogP contribution >= 0.6 is 11.6 Å². The molecule has 2 aromatic heterocycles. The van der Waals surface area contributed by atoms with E-state index in [1.165, 1.54) is 23.1 Å². The summed E-state index contributed by atoms with van der Waals surface area (Å²) in [6.07, 6.45) is -1.76. The summed E-state index contributed by atoms with van der Waals surface area (Å²) < 4.78 is 38.3. The van der Waals surface area contributed by atoms with Crippen LogP contribution in [0.3, 0.4) is 0 Å². The zero-order valence-electron chi connectivity index (χ0n) is 7.61. The Hall–Kier alpha value is -1.63. The molecule has 0 saturated carbocycles. The van der Waals surface area contributed by atoms with Gasteiger partial charge in [-0.1, -0.05) is 11.6 Å². The molecule has 0 fully saturated rings. The van der Waals surface area contributed by atoms with Crippen LogP contribution in [-0.4, -0.2) is 19.7 Å². The van der Waals surface area contributed by atoms with E-state index in [0.29, 0.717) is 0 Å². The molecule has 0 aliphatic carbocycles. The second kappa shape index (κ2) is 3.75. The summed E-state index contributed by atoms with van der Waals surface area (Å²) in [6.45, 7) is 0. The molecule has 0 unspecified atom stereocenters. The Labute approximate surface area is 92.7 Å². The molecule has 2 aromatic rings. The molecular formula is C8H4ClF3N4. The van der Waals surface area contributed by atoms with E-state index in [4.69, 9.17) is 11.6 Å². The van der Waals surface area contributed by atoms with Crippen molar-refractivity contribution >= 4 is 11.6 Å². The van der Waals surface area contributed by atoms with Gasteiger partial charge in [-0.3, -0.25) is 0 Å². The number of hydrogen-bond donors (Lipinski definition) is 0. The quantitative estimate of drug-likeness (QED) is 0.728. The van der Waals surface area contributed by atoms with Crippen molar-refractivity contribution in [2.24, 2.45) is 0 Å². The molecule has 0 atom stereocenters. The number of hydrogen-bond acceptors (Lipinski definition) is 3. The normalized spacial score (nSPS) is 11.8. The number of alkyl halides is 3. The van der Waals surface area contributed by atoms with Crippen LogP contribution in [0, 0.1) is 0 Å². The average Bonchev–Trinajstić information content (AvgIpc) is 2.68. The minimum atomic E-state index is -4.63. The second-order valence-corrected chi connectivity index (χ2v) is 3.21. The Bertz CT molecular complexity index is 494. The van der Waals surface area contributed by atoms with Crippen molar-refractivity contribution in [3.8, 4) is 5.82 Å². The molecule has 0 bridgehead atoms. The predicted molar refractivity (Wildman–Crippen MR) is 49.2 cm³/mol. The van der Waals surface area contributed by atoms with Gasteiger partial charge in [-0.05, 0) is 6.07 Å². The van der Waals surface area contributed by atoms with E-state index in [2.05, 4.69) is 15.1 Å². The first-order valence-electron chi connectivity index (χ1n) is 4.08. The molecular weight excluding hydrogens is 245 g/mol. The van der Waals surface area contributed by atoms with Gasteiger partial charge in [0, 0.05) is 18.5 Å². The van der Waals surface area contributed by atoms with E-state index >= 15 is 0 Å². The van der Waals surface area contributed by atoms with E-state index in [9.17, 15) is 13.2 Å². The van der Waals surface area contributed by atoms with Gasteiger partial charge < -0.3 is 0 Å². The Morgan fingerprint density at radius 1 is 1.25 bits per heavy atom. The van der Waals surface area contributed by atoms with E-state index < -0.39 is 12.0 Å². The molecule has 0 spiro atoms. The molecule has 0 amide bonds. The van der Waals surface area contributed by atoms with Crippen LogP contribution in [0.4, 0.5) is 13.2 Å². The minimum Gasteiger partial charge on any atom is -0.223 e. The number of aromatic nitrogens is 4. The van der Waals surface area contributed by atoms with Gasteiger partial charge >= 0.3 is 6.18 Å². The zero-order chi connectivity index (χ0) is 11.8. The van der Waals surface area contributed by atoms with Crippen molar-refractivity contribution in [3.63, 3.8) is 0 Å². The molecule has 0 aromatic carbocycles. The highest BCUT2D eigenvalue weighted by Crippen LogP contribution is 2.27. The summed E-state index contributed by atoms with van der Waals surface area (Å²) in [5, 5.41) is 3.47. The fourth-order valence-electron chi connectivity index (χ4n) is 1.05. The Morgan fingerprint density at radius 3 is 2.56 bits per heavy atom. The highest BCUT2D eigenvalue weighted by molar-refractivity contribution is 6.29. The molecule has 2 heterocycles. The minimum absolute atomic E-state index is 0.0303. The molecule has 0 radical (unpaired) electrons. The van der Waals surface area contributed by atoms with Crippen LogP contribution in [-0.2, 0) is 6.18 Å². The maximum atomic E-state index is 12.4. The van der Waals surface area contributed by atoms with Crippen LogP contribution in [0.2, 0.25) is 5.15 Å². The van der Waals surface area contributed by atoms with Crippen molar-refractivity contribution < 1.29 is 13.2 Å². The predicted octanol–water partition coefficient (Wildman–Crippen LogP) is 2.33. The lowest BCUT2D eigenvalue weighted by Gasteiger charge is -2.07. The van der Waals surface area contributed by atoms with E-state index in [0.717, 1.165) is 0 Å². The van der Waals surface area contributed by atoms with Crippen LogP contribution in [0.25, 0.3) is 5.82 Å². The maximum Gasteiger partial charge on any atom is 0.451 e. The largest absolute Gasteiger partial charge is 0.451 e. The Morgan fingerprint density at radius 2 is 2.00 bits per heavy atom. The molecule has 16 heavy (non-hydrogen) atoms. The summed E-state index contributed by atoms with van der Waals surface area (Å²) in [6, 6.07) is 2.76. The monoisotopic (exact) mass is 248 g/mol. The van der Waals surface area contributed by atoms with Crippen LogP contribution in [0.5, 0.6) is 0 Å². The number of nitrogens with zero attached hydrogens (tertiary/aromatic N) is 4. The standard InChI is InChI=1S/C8H4ClF3N4/c9-5-4-6(16-3-1-2-13-16)15-7(14-5)8(10,11)12/h1-4H. The lowest BCUT2D eigenvalue weighted by Crippen LogP contribution is -2.13.